The fourth-order valence-corrected chi connectivity index (χ4v) is 2.48. The van der Waals surface area contributed by atoms with Crippen LogP contribution in [0.2, 0.25) is 0 Å². The van der Waals surface area contributed by atoms with Gasteiger partial charge in [-0.1, -0.05) is 6.07 Å². The number of hydrogen-bond acceptors (Lipinski definition) is 3. The van der Waals surface area contributed by atoms with E-state index >= 15 is 0 Å². The molecule has 3 nitrogen and oxygen atoms in total. The molecule has 94 valence electrons. The number of nitrogens with two attached hydrogens (primary N) is 1. The van der Waals surface area contributed by atoms with Crippen LogP contribution in [0.15, 0.2) is 23.1 Å². The first-order valence-electron chi connectivity index (χ1n) is 5.49. The fraction of sp³-hybridized carbons (Fsp3) is 0.417. The highest BCUT2D eigenvalue weighted by Gasteiger charge is 2.13. The van der Waals surface area contributed by atoms with Crippen molar-refractivity contribution in [1.29, 1.82) is 0 Å². The summed E-state index contributed by atoms with van der Waals surface area (Å²) in [6.07, 6.45) is 0. The van der Waals surface area contributed by atoms with Crippen molar-refractivity contribution in [3.63, 3.8) is 0 Å². The van der Waals surface area contributed by atoms with Gasteiger partial charge in [0, 0.05) is 23.0 Å². The van der Waals surface area contributed by atoms with Gasteiger partial charge in [0.15, 0.2) is 0 Å². The van der Waals surface area contributed by atoms with E-state index < -0.39 is 0 Å². The van der Waals surface area contributed by atoms with Crippen molar-refractivity contribution in [2.75, 3.05) is 12.3 Å². The number of amides is 1. The number of halogens is 1. The molecule has 0 aliphatic carbocycles. The summed E-state index contributed by atoms with van der Waals surface area (Å²) in [7, 11) is 0. The van der Waals surface area contributed by atoms with Crippen LogP contribution in [0.4, 0.5) is 4.39 Å². The first-order chi connectivity index (χ1) is 8.06. The average Bonchev–Trinajstić information content (AvgIpc) is 2.26. The minimum absolute atomic E-state index is 0.0580. The molecule has 3 N–H and O–H groups in total. The number of thioether (sulfide) groups is 1. The molecule has 1 rings (SSSR count). The third-order valence-corrected chi connectivity index (χ3v) is 3.27. The maximum Gasteiger partial charge on any atom is 0.230 e. The van der Waals surface area contributed by atoms with Crippen molar-refractivity contribution in [3.8, 4) is 0 Å². The molecule has 5 heteroatoms. The zero-order valence-electron chi connectivity index (χ0n) is 10.00. The highest BCUT2D eigenvalue weighted by Crippen LogP contribution is 2.28. The molecule has 1 amide bonds. The maximum absolute atomic E-state index is 13.6. The van der Waals surface area contributed by atoms with Gasteiger partial charge < -0.3 is 11.1 Å². The van der Waals surface area contributed by atoms with E-state index in [1.165, 1.54) is 17.8 Å². The van der Waals surface area contributed by atoms with E-state index in [9.17, 15) is 9.18 Å². The molecule has 0 saturated heterocycles. The second kappa shape index (κ2) is 6.61. The van der Waals surface area contributed by atoms with Gasteiger partial charge in [-0.2, -0.15) is 0 Å². The van der Waals surface area contributed by atoms with Crippen molar-refractivity contribution >= 4 is 17.7 Å². The SMILES string of the molecule is CCNC(=O)CSc1cccc(F)c1[C@H](C)N. The molecule has 0 heterocycles. The molecule has 1 atom stereocenters. The van der Waals surface area contributed by atoms with Gasteiger partial charge in [-0.05, 0) is 26.0 Å². The Balaban J connectivity index is 2.77. The molecule has 1 aromatic carbocycles. The largest absolute Gasteiger partial charge is 0.356 e. The second-order valence-electron chi connectivity index (χ2n) is 3.68. The highest BCUT2D eigenvalue weighted by atomic mass is 32.2. The Morgan fingerprint density at radius 1 is 1.59 bits per heavy atom. The van der Waals surface area contributed by atoms with Crippen LogP contribution >= 0.6 is 11.8 Å². The average molecular weight is 256 g/mol. The van der Waals surface area contributed by atoms with E-state index in [4.69, 9.17) is 5.73 Å². The second-order valence-corrected chi connectivity index (χ2v) is 4.70. The van der Waals surface area contributed by atoms with Crippen LogP contribution in [0.25, 0.3) is 0 Å². The third-order valence-electron chi connectivity index (χ3n) is 2.20. The third kappa shape index (κ3) is 4.02. The van der Waals surface area contributed by atoms with Crippen molar-refractivity contribution in [2.24, 2.45) is 5.73 Å². The van der Waals surface area contributed by atoms with Crippen LogP contribution in [-0.4, -0.2) is 18.2 Å². The van der Waals surface area contributed by atoms with E-state index in [2.05, 4.69) is 5.32 Å². The van der Waals surface area contributed by atoms with E-state index in [1.807, 2.05) is 6.92 Å². The lowest BCUT2D eigenvalue weighted by Crippen LogP contribution is -2.24. The summed E-state index contributed by atoms with van der Waals surface area (Å²) < 4.78 is 13.6. The monoisotopic (exact) mass is 256 g/mol. The number of rotatable bonds is 5. The van der Waals surface area contributed by atoms with Crippen molar-refractivity contribution < 1.29 is 9.18 Å². The summed E-state index contributed by atoms with van der Waals surface area (Å²) in [6, 6.07) is 4.41. The van der Waals surface area contributed by atoms with Gasteiger partial charge in [-0.3, -0.25) is 4.79 Å². The lowest BCUT2D eigenvalue weighted by atomic mass is 10.1. The minimum Gasteiger partial charge on any atom is -0.356 e. The van der Waals surface area contributed by atoms with E-state index in [0.717, 1.165) is 4.90 Å². The van der Waals surface area contributed by atoms with Crippen LogP contribution in [0.3, 0.4) is 0 Å². The Morgan fingerprint density at radius 2 is 2.29 bits per heavy atom. The number of nitrogens with one attached hydrogen (secondary N) is 1. The predicted octanol–water partition coefficient (Wildman–Crippen LogP) is 2.07. The Kier molecular flexibility index (Phi) is 5.44. The molecule has 0 aliphatic heterocycles. The van der Waals surface area contributed by atoms with Crippen LogP contribution in [-0.2, 0) is 4.79 Å². The Morgan fingerprint density at radius 3 is 2.88 bits per heavy atom. The molecule has 0 unspecified atom stereocenters. The zero-order valence-corrected chi connectivity index (χ0v) is 10.8. The van der Waals surface area contributed by atoms with Gasteiger partial charge in [0.05, 0.1) is 5.75 Å². The van der Waals surface area contributed by atoms with E-state index in [0.29, 0.717) is 12.1 Å². The summed E-state index contributed by atoms with van der Waals surface area (Å²) in [4.78, 5) is 12.1. The standard InChI is InChI=1S/C12H17FN2OS/c1-3-15-11(16)7-17-10-6-4-5-9(13)12(10)8(2)14/h4-6,8H,3,7,14H2,1-2H3,(H,15,16)/t8-/m0/s1. The fourth-order valence-electron chi connectivity index (χ4n) is 1.48. The summed E-state index contributed by atoms with van der Waals surface area (Å²) >= 11 is 1.31. The van der Waals surface area contributed by atoms with Crippen molar-refractivity contribution in [1.82, 2.24) is 5.32 Å². The van der Waals surface area contributed by atoms with Crippen LogP contribution in [0.5, 0.6) is 0 Å². The van der Waals surface area contributed by atoms with E-state index in [-0.39, 0.29) is 23.5 Å². The smallest absolute Gasteiger partial charge is 0.230 e. The van der Waals surface area contributed by atoms with Gasteiger partial charge in [0.1, 0.15) is 5.82 Å². The molecule has 0 fully saturated rings. The molecule has 0 saturated carbocycles. The topological polar surface area (TPSA) is 55.1 Å². The van der Waals surface area contributed by atoms with Gasteiger partial charge >= 0.3 is 0 Å². The highest BCUT2D eigenvalue weighted by molar-refractivity contribution is 8.00. The molecule has 0 bridgehead atoms. The minimum atomic E-state index is -0.382. The number of carbonyl (C=O) groups is 1. The lowest BCUT2D eigenvalue weighted by Gasteiger charge is -2.13. The van der Waals surface area contributed by atoms with E-state index in [1.54, 1.807) is 19.1 Å². The van der Waals surface area contributed by atoms with Crippen LogP contribution in [0, 0.1) is 5.82 Å². The molecular formula is C12H17FN2OS. The molecular weight excluding hydrogens is 239 g/mol. The molecule has 0 spiro atoms. The molecule has 0 radical (unpaired) electrons. The molecule has 0 aromatic heterocycles. The molecule has 1 aromatic rings. The zero-order chi connectivity index (χ0) is 12.8. The quantitative estimate of drug-likeness (QED) is 0.793. The summed E-state index contributed by atoms with van der Waals surface area (Å²) in [5.41, 5.74) is 6.20. The molecule has 17 heavy (non-hydrogen) atoms. The molecule has 0 aliphatic rings. The summed E-state index contributed by atoms with van der Waals surface area (Å²) in [5, 5.41) is 2.69. The summed E-state index contributed by atoms with van der Waals surface area (Å²) in [5.74, 6) is -0.102. The Labute approximate surface area is 105 Å². The first-order valence-corrected chi connectivity index (χ1v) is 6.48. The number of benzene rings is 1. The first kappa shape index (κ1) is 14.0. The lowest BCUT2D eigenvalue weighted by molar-refractivity contribution is -0.118. The van der Waals surface area contributed by atoms with Crippen LogP contribution in [0.1, 0.15) is 25.5 Å². The number of hydrogen-bond donors (Lipinski definition) is 2. The summed E-state index contributed by atoms with van der Waals surface area (Å²) in [6.45, 7) is 4.19. The Bertz CT molecular complexity index is 396. The predicted molar refractivity (Wildman–Crippen MR) is 68.4 cm³/mol. The normalized spacial score (nSPS) is 12.2. The van der Waals surface area contributed by atoms with Gasteiger partial charge in [0.2, 0.25) is 5.91 Å². The maximum atomic E-state index is 13.6. The van der Waals surface area contributed by atoms with Gasteiger partial charge in [-0.15, -0.1) is 11.8 Å². The number of carbonyl (C=O) groups excluding carboxylic acids is 1. The van der Waals surface area contributed by atoms with Crippen molar-refractivity contribution in [2.45, 2.75) is 24.8 Å². The van der Waals surface area contributed by atoms with Gasteiger partial charge in [0.25, 0.3) is 0 Å². The Hall–Kier alpha value is -1.07. The van der Waals surface area contributed by atoms with Gasteiger partial charge in [-0.25, -0.2) is 4.39 Å². The van der Waals surface area contributed by atoms with Crippen LogP contribution < -0.4 is 11.1 Å². The van der Waals surface area contributed by atoms with Crippen molar-refractivity contribution in [3.05, 3.63) is 29.6 Å².